The fraction of sp³-hybridized carbons (Fsp3) is 1.00. The van der Waals surface area contributed by atoms with Gasteiger partial charge in [-0.2, -0.15) is 0 Å². The molecule has 2 unspecified atom stereocenters. The molecule has 0 fully saturated rings. The van der Waals surface area contributed by atoms with E-state index in [1.165, 1.54) is 0 Å². The van der Waals surface area contributed by atoms with Crippen LogP contribution in [0.1, 0.15) is 34.6 Å². The highest BCUT2D eigenvalue weighted by Crippen LogP contribution is 2.55. The molecule has 0 aliphatic heterocycles. The van der Waals surface area contributed by atoms with E-state index in [9.17, 15) is 9.46 Å². The third-order valence-electron chi connectivity index (χ3n) is 2.78. The monoisotopic (exact) mass is 299 g/mol. The fourth-order valence-corrected chi connectivity index (χ4v) is 3.11. The highest BCUT2D eigenvalue weighted by molar-refractivity contribution is 8.54. The Hall–Kier alpha value is 0.420. The van der Waals surface area contributed by atoms with Gasteiger partial charge < -0.3 is 9.79 Å². The Labute approximate surface area is 114 Å². The molecule has 18 heavy (non-hydrogen) atoms. The van der Waals surface area contributed by atoms with Crippen LogP contribution in [0, 0.1) is 5.92 Å². The molecule has 0 heterocycles. The van der Waals surface area contributed by atoms with Crippen molar-refractivity contribution in [2.45, 2.75) is 40.7 Å². The summed E-state index contributed by atoms with van der Waals surface area (Å²) in [6.45, 7) is 8.82. The number of rotatable bonds is 10. The first-order valence-corrected chi connectivity index (χ1v) is 9.54. The maximum absolute atomic E-state index is 11.7. The molecule has 0 aromatic carbocycles. The van der Waals surface area contributed by atoms with Gasteiger partial charge in [0, 0.05) is 12.3 Å². The predicted molar refractivity (Wildman–Crippen MR) is 76.5 cm³/mol. The Morgan fingerprint density at radius 3 is 2.28 bits per heavy atom. The third-order valence-corrected chi connectivity index (χ3v) is 5.46. The molecule has 1 N–H and O–H groups in total. The lowest BCUT2D eigenvalue weighted by Gasteiger charge is -2.19. The smallest absolute Gasteiger partial charge is 0.315 e. The molecule has 5 nitrogen and oxygen atoms in total. The van der Waals surface area contributed by atoms with E-state index in [0.29, 0.717) is 5.75 Å². The number of nitrogens with zero attached hydrogens (tertiary/aromatic N) is 1. The van der Waals surface area contributed by atoms with Crippen LogP contribution in [-0.2, 0) is 14.1 Å². The number of hydrogen-bond acceptors (Lipinski definition) is 5. The van der Waals surface area contributed by atoms with Crippen LogP contribution in [0.25, 0.3) is 0 Å². The van der Waals surface area contributed by atoms with Crippen LogP contribution in [0.2, 0.25) is 0 Å². The Morgan fingerprint density at radius 1 is 1.28 bits per heavy atom. The second-order valence-corrected chi connectivity index (χ2v) is 8.36. The first-order chi connectivity index (χ1) is 8.32. The first-order valence-electron chi connectivity index (χ1n) is 6.37. The largest absolute Gasteiger partial charge is 0.413 e. The van der Waals surface area contributed by atoms with E-state index in [1.54, 1.807) is 0 Å². The quantitative estimate of drug-likeness (QED) is 0.380. The van der Waals surface area contributed by atoms with Crippen LogP contribution in [-0.4, -0.2) is 41.3 Å². The highest BCUT2D eigenvalue weighted by Gasteiger charge is 2.24. The topological polar surface area (TPSA) is 59.0 Å². The van der Waals surface area contributed by atoms with Crippen molar-refractivity contribution in [2.75, 3.05) is 25.4 Å². The summed E-state index contributed by atoms with van der Waals surface area (Å²) >= 11 is 0.914. The zero-order valence-electron chi connectivity index (χ0n) is 12.0. The van der Waals surface area contributed by atoms with E-state index in [2.05, 4.69) is 23.4 Å². The van der Waals surface area contributed by atoms with Crippen LogP contribution in [0.15, 0.2) is 0 Å². The molecule has 0 aromatic rings. The van der Waals surface area contributed by atoms with Crippen molar-refractivity contribution in [3.05, 3.63) is 0 Å². The van der Waals surface area contributed by atoms with Crippen molar-refractivity contribution in [1.82, 2.24) is 4.90 Å². The molecule has 0 saturated carbocycles. The van der Waals surface area contributed by atoms with Gasteiger partial charge in [-0.25, -0.2) is 9.45 Å². The van der Waals surface area contributed by atoms with Gasteiger partial charge in [-0.15, -0.1) is 4.67 Å². The molecular weight excluding hydrogens is 273 g/mol. The Morgan fingerprint density at radius 2 is 1.83 bits per heavy atom. The summed E-state index contributed by atoms with van der Waals surface area (Å²) in [5.41, 5.74) is 0. The average Bonchev–Trinajstić information content (AvgIpc) is 2.31. The van der Waals surface area contributed by atoms with Gasteiger partial charge in [0.05, 0.1) is 6.10 Å². The normalized spacial score (nSPS) is 17.1. The summed E-state index contributed by atoms with van der Waals surface area (Å²) in [6, 6.07) is 0. The van der Waals surface area contributed by atoms with Gasteiger partial charge >= 0.3 is 6.80 Å². The molecule has 0 saturated heterocycles. The van der Waals surface area contributed by atoms with Crippen molar-refractivity contribution in [1.29, 1.82) is 0 Å². The minimum absolute atomic E-state index is 0.200. The lowest BCUT2D eigenvalue weighted by molar-refractivity contribution is -0.252. The van der Waals surface area contributed by atoms with Crippen molar-refractivity contribution in [3.8, 4) is 0 Å². The average molecular weight is 299 g/mol. The van der Waals surface area contributed by atoms with Crippen LogP contribution < -0.4 is 0 Å². The summed E-state index contributed by atoms with van der Waals surface area (Å²) < 4.78 is 16.3. The van der Waals surface area contributed by atoms with Crippen LogP contribution >= 0.6 is 18.2 Å². The molecule has 0 aliphatic rings. The summed E-state index contributed by atoms with van der Waals surface area (Å²) in [5, 5.41) is 0. The van der Waals surface area contributed by atoms with Gasteiger partial charge in [0.2, 0.25) is 0 Å². The molecular formula is C11H26NO4PS. The van der Waals surface area contributed by atoms with Gasteiger partial charge in [-0.05, 0) is 37.3 Å². The summed E-state index contributed by atoms with van der Waals surface area (Å²) in [4.78, 5) is 16.7. The first kappa shape index (κ1) is 18.4. The maximum Gasteiger partial charge on any atom is 0.413 e. The van der Waals surface area contributed by atoms with Crippen molar-refractivity contribution in [3.63, 3.8) is 0 Å². The van der Waals surface area contributed by atoms with E-state index in [0.717, 1.165) is 31.0 Å². The van der Waals surface area contributed by atoms with E-state index in [4.69, 9.17) is 4.89 Å². The summed E-state index contributed by atoms with van der Waals surface area (Å²) in [7, 11) is 0. The molecule has 0 spiro atoms. The van der Waals surface area contributed by atoms with Crippen molar-refractivity contribution >= 4 is 18.2 Å². The molecule has 0 rings (SSSR count). The van der Waals surface area contributed by atoms with Gasteiger partial charge in [-0.3, -0.25) is 0 Å². The third kappa shape index (κ3) is 8.51. The molecule has 110 valence electrons. The Kier molecular flexibility index (Phi) is 9.56. The van der Waals surface area contributed by atoms with Gasteiger partial charge in [-0.1, -0.05) is 27.7 Å². The fourth-order valence-electron chi connectivity index (χ4n) is 1.08. The minimum Gasteiger partial charge on any atom is -0.315 e. The summed E-state index contributed by atoms with van der Waals surface area (Å²) in [5.74, 6) is 0.792. The van der Waals surface area contributed by atoms with Crippen LogP contribution in [0.3, 0.4) is 0 Å². The molecule has 7 heteroatoms. The Balaban J connectivity index is 3.90. The zero-order valence-corrected chi connectivity index (χ0v) is 13.7. The Bertz CT molecular complexity index is 261. The van der Waals surface area contributed by atoms with E-state index in [-0.39, 0.29) is 12.0 Å². The summed E-state index contributed by atoms with van der Waals surface area (Å²) in [6.07, 6.45) is -0.200. The predicted octanol–water partition coefficient (Wildman–Crippen LogP) is 3.15. The maximum atomic E-state index is 11.7. The lowest BCUT2D eigenvalue weighted by atomic mass is 10.1. The second kappa shape index (κ2) is 9.34. The van der Waals surface area contributed by atoms with Gasteiger partial charge in [0.1, 0.15) is 0 Å². The lowest BCUT2D eigenvalue weighted by Crippen LogP contribution is -2.25. The number of hydrogen-bond donors (Lipinski definition) is 1. The SMILES string of the molecule is CCN(CC)CCSP(=O)(O)OOC(C)C(C)C. The van der Waals surface area contributed by atoms with Crippen molar-refractivity contribution < 1.29 is 19.0 Å². The zero-order chi connectivity index (χ0) is 14.2. The molecule has 0 aliphatic carbocycles. The molecule has 0 radical (unpaired) electrons. The highest BCUT2D eigenvalue weighted by atomic mass is 32.7. The van der Waals surface area contributed by atoms with Gasteiger partial charge in [0.25, 0.3) is 0 Å². The standard InChI is InChI=1S/C11H26NO4PS/c1-6-12(7-2)8-9-18-17(13,14)16-15-11(5)10(3)4/h10-11H,6-9H2,1-5H3,(H,13,14). The van der Waals surface area contributed by atoms with Crippen LogP contribution in [0.5, 0.6) is 0 Å². The molecule has 0 bridgehead atoms. The van der Waals surface area contributed by atoms with E-state index < -0.39 is 6.80 Å². The van der Waals surface area contributed by atoms with E-state index >= 15 is 0 Å². The second-order valence-electron chi connectivity index (χ2n) is 4.45. The van der Waals surface area contributed by atoms with Crippen molar-refractivity contribution in [2.24, 2.45) is 5.92 Å². The van der Waals surface area contributed by atoms with Gasteiger partial charge in [0.15, 0.2) is 0 Å². The molecule has 0 aromatic heterocycles. The minimum atomic E-state index is -3.70. The van der Waals surface area contributed by atoms with Crippen LogP contribution in [0.4, 0.5) is 0 Å². The van der Waals surface area contributed by atoms with E-state index in [1.807, 2.05) is 20.8 Å². The molecule has 2 atom stereocenters. The molecule has 0 amide bonds.